The number of esters is 1. The van der Waals surface area contributed by atoms with Crippen LogP contribution >= 0.6 is 0 Å². The molecule has 184 valence electrons. The van der Waals surface area contributed by atoms with Crippen LogP contribution in [0.3, 0.4) is 0 Å². The van der Waals surface area contributed by atoms with Gasteiger partial charge in [0.05, 0.1) is 5.56 Å². The lowest BCUT2D eigenvalue weighted by molar-refractivity contribution is -0.313. The van der Waals surface area contributed by atoms with Crippen molar-refractivity contribution in [2.24, 2.45) is 0 Å². The second-order valence-corrected chi connectivity index (χ2v) is 11.1. The fourth-order valence-corrected chi connectivity index (χ4v) is 5.46. The minimum atomic E-state index is -0.350. The van der Waals surface area contributed by atoms with Gasteiger partial charge in [-0.2, -0.15) is 5.06 Å². The van der Waals surface area contributed by atoms with Crippen LogP contribution in [0.5, 0.6) is 0 Å². The number of hydrogen-bond acceptors (Lipinski definition) is 5. The third-order valence-electron chi connectivity index (χ3n) is 6.76. The molecule has 0 saturated carbocycles. The molecular weight excluding hydrogens is 426 g/mol. The predicted molar refractivity (Wildman–Crippen MR) is 135 cm³/mol. The number of carbonyl (C=O) groups excluding carboxylic acids is 2. The van der Waals surface area contributed by atoms with Crippen LogP contribution in [0.1, 0.15) is 103 Å². The largest absolute Gasteiger partial charge is 0.459 e. The van der Waals surface area contributed by atoms with Gasteiger partial charge in [-0.15, -0.1) is 0 Å². The van der Waals surface area contributed by atoms with E-state index in [1.54, 1.807) is 6.92 Å². The molecule has 0 N–H and O–H groups in total. The molecule has 0 radical (unpaired) electrons. The molecule has 1 atom stereocenters. The van der Waals surface area contributed by atoms with Gasteiger partial charge in [0.15, 0.2) is 5.78 Å². The molecule has 1 aliphatic rings. The summed E-state index contributed by atoms with van der Waals surface area (Å²) in [6.07, 6.45) is 0.948. The van der Waals surface area contributed by atoms with E-state index in [1.165, 1.54) is 0 Å². The summed E-state index contributed by atoms with van der Waals surface area (Å²) in [6, 6.07) is 11.6. The lowest BCUT2D eigenvalue weighted by atomic mass is 9.80. The van der Waals surface area contributed by atoms with E-state index < -0.39 is 0 Å². The molecule has 0 amide bonds. The number of hydroxylamine groups is 2. The summed E-state index contributed by atoms with van der Waals surface area (Å²) in [5, 5.41) is 2.07. The van der Waals surface area contributed by atoms with Gasteiger partial charge in [0.1, 0.15) is 12.2 Å². The van der Waals surface area contributed by atoms with Crippen molar-refractivity contribution < 1.29 is 19.2 Å². The number of Topliss-reactive ketones (excluding diaryl/α,β-unsaturated/α-hetero) is 1. The maximum absolute atomic E-state index is 13.1. The average Bonchev–Trinajstić information content (AvgIpc) is 2.69. The van der Waals surface area contributed by atoms with E-state index in [0.29, 0.717) is 24.0 Å². The van der Waals surface area contributed by atoms with Crippen LogP contribution < -0.4 is 0 Å². The fourth-order valence-electron chi connectivity index (χ4n) is 5.46. The van der Waals surface area contributed by atoms with Crippen molar-refractivity contribution in [2.75, 3.05) is 0 Å². The first-order valence-corrected chi connectivity index (χ1v) is 12.1. The molecule has 3 rings (SSSR count). The van der Waals surface area contributed by atoms with Crippen LogP contribution in [0.2, 0.25) is 0 Å². The van der Waals surface area contributed by atoms with Crippen LogP contribution in [0.15, 0.2) is 36.4 Å². The van der Waals surface area contributed by atoms with Crippen molar-refractivity contribution in [2.45, 2.75) is 98.4 Å². The second kappa shape index (κ2) is 9.63. The smallest absolute Gasteiger partial charge is 0.338 e. The summed E-state index contributed by atoms with van der Waals surface area (Å²) in [6.45, 7) is 18.1. The standard InChI is InChI=1S/C29H39NO4/c1-18-14-19(2)26(20(3)15-18)27(32)33-25-16-28(6,7)30(29(8,9)17-25)34-22(5)24-12-10-23(11-13-24)21(4)31/h10-15,22,25H,16-17H2,1-9H3. The van der Waals surface area contributed by atoms with Crippen LogP contribution in [0.4, 0.5) is 0 Å². The third kappa shape index (κ3) is 5.59. The first-order valence-electron chi connectivity index (χ1n) is 12.1. The van der Waals surface area contributed by atoms with Gasteiger partial charge in [0.25, 0.3) is 0 Å². The lowest BCUT2D eigenvalue weighted by Gasteiger charge is -2.54. The normalized spacial score (nSPS) is 19.0. The van der Waals surface area contributed by atoms with Crippen molar-refractivity contribution in [3.05, 3.63) is 69.8 Å². The monoisotopic (exact) mass is 465 g/mol. The van der Waals surface area contributed by atoms with Crippen LogP contribution in [-0.2, 0) is 9.57 Å². The van der Waals surface area contributed by atoms with Gasteiger partial charge in [-0.05, 0) is 79.0 Å². The molecule has 0 bridgehead atoms. The summed E-state index contributed by atoms with van der Waals surface area (Å²) in [7, 11) is 0. The molecule has 2 aromatic carbocycles. The highest BCUT2D eigenvalue weighted by molar-refractivity contribution is 5.94. The summed E-state index contributed by atoms with van der Waals surface area (Å²) in [4.78, 5) is 31.2. The first-order chi connectivity index (χ1) is 15.7. The van der Waals surface area contributed by atoms with Crippen molar-refractivity contribution in [1.82, 2.24) is 5.06 Å². The van der Waals surface area contributed by atoms with Crippen molar-refractivity contribution in [3.8, 4) is 0 Å². The quantitative estimate of drug-likeness (QED) is 0.352. The van der Waals surface area contributed by atoms with Crippen LogP contribution in [0.25, 0.3) is 0 Å². The van der Waals surface area contributed by atoms with Crippen molar-refractivity contribution >= 4 is 11.8 Å². The van der Waals surface area contributed by atoms with E-state index in [9.17, 15) is 9.59 Å². The number of piperidine rings is 1. The molecule has 1 saturated heterocycles. The molecule has 1 aliphatic heterocycles. The van der Waals surface area contributed by atoms with Gasteiger partial charge in [-0.1, -0.05) is 42.0 Å². The van der Waals surface area contributed by atoms with Crippen molar-refractivity contribution in [3.63, 3.8) is 0 Å². The highest BCUT2D eigenvalue weighted by Crippen LogP contribution is 2.42. The number of nitrogens with zero attached hydrogens (tertiary/aromatic N) is 1. The number of rotatable bonds is 6. The second-order valence-electron chi connectivity index (χ2n) is 11.1. The van der Waals surface area contributed by atoms with Crippen LogP contribution in [0, 0.1) is 20.8 Å². The van der Waals surface area contributed by atoms with E-state index in [2.05, 4.69) is 32.8 Å². The Kier molecular flexibility index (Phi) is 7.40. The maximum Gasteiger partial charge on any atom is 0.338 e. The Balaban J connectivity index is 1.74. The van der Waals surface area contributed by atoms with Gasteiger partial charge in [0.2, 0.25) is 0 Å². The summed E-state index contributed by atoms with van der Waals surface area (Å²) < 4.78 is 6.07. The minimum Gasteiger partial charge on any atom is -0.459 e. The fraction of sp³-hybridized carbons (Fsp3) is 0.517. The zero-order valence-corrected chi connectivity index (χ0v) is 22.1. The highest BCUT2D eigenvalue weighted by atomic mass is 16.7. The zero-order chi connectivity index (χ0) is 25.4. The Morgan fingerprint density at radius 3 is 1.91 bits per heavy atom. The highest BCUT2D eigenvalue weighted by Gasteiger charge is 2.48. The van der Waals surface area contributed by atoms with E-state index in [0.717, 1.165) is 22.3 Å². The van der Waals surface area contributed by atoms with Gasteiger partial charge < -0.3 is 4.74 Å². The molecule has 1 heterocycles. The number of aryl methyl sites for hydroxylation is 3. The number of ketones is 1. The summed E-state index contributed by atoms with van der Waals surface area (Å²) >= 11 is 0. The molecule has 1 fully saturated rings. The Labute approximate surface area is 204 Å². The molecule has 34 heavy (non-hydrogen) atoms. The Bertz CT molecular complexity index is 1030. The minimum absolute atomic E-state index is 0.0510. The summed E-state index contributed by atoms with van der Waals surface area (Å²) in [5.41, 5.74) is 4.72. The Morgan fingerprint density at radius 2 is 1.44 bits per heavy atom. The van der Waals surface area contributed by atoms with Gasteiger partial charge >= 0.3 is 5.97 Å². The molecule has 0 aromatic heterocycles. The van der Waals surface area contributed by atoms with Crippen molar-refractivity contribution in [1.29, 1.82) is 0 Å². The molecule has 2 aromatic rings. The Hall–Kier alpha value is -2.50. The predicted octanol–water partition coefficient (Wildman–Crippen LogP) is 6.69. The first kappa shape index (κ1) is 26.1. The summed E-state index contributed by atoms with van der Waals surface area (Å²) in [5.74, 6) is -0.199. The zero-order valence-electron chi connectivity index (χ0n) is 22.1. The molecule has 1 unspecified atom stereocenters. The average molecular weight is 466 g/mol. The topological polar surface area (TPSA) is 55.8 Å². The van der Waals surface area contributed by atoms with E-state index in [1.807, 2.05) is 64.1 Å². The number of benzene rings is 2. The third-order valence-corrected chi connectivity index (χ3v) is 6.76. The van der Waals surface area contributed by atoms with E-state index in [-0.39, 0.29) is 35.0 Å². The molecular formula is C29H39NO4. The molecule has 0 aliphatic carbocycles. The number of hydrogen-bond donors (Lipinski definition) is 0. The lowest BCUT2D eigenvalue weighted by Crippen LogP contribution is -2.62. The maximum atomic E-state index is 13.1. The van der Waals surface area contributed by atoms with Gasteiger partial charge in [-0.25, -0.2) is 4.79 Å². The number of carbonyl (C=O) groups is 2. The van der Waals surface area contributed by atoms with Gasteiger partial charge in [-0.3, -0.25) is 9.63 Å². The molecule has 5 heteroatoms. The van der Waals surface area contributed by atoms with Crippen LogP contribution in [-0.4, -0.2) is 34.0 Å². The number of ether oxygens (including phenoxy) is 1. The van der Waals surface area contributed by atoms with Gasteiger partial charge in [0, 0.05) is 29.5 Å². The van der Waals surface area contributed by atoms with E-state index >= 15 is 0 Å². The molecule has 5 nitrogen and oxygen atoms in total. The Morgan fingerprint density at radius 1 is 0.941 bits per heavy atom. The van der Waals surface area contributed by atoms with E-state index in [4.69, 9.17) is 9.57 Å². The molecule has 0 spiro atoms. The SMILES string of the molecule is CC(=O)c1ccc(C(C)ON2C(C)(C)CC(OC(=O)c3c(C)cc(C)cc3C)CC2(C)C)cc1.